The van der Waals surface area contributed by atoms with Gasteiger partial charge in [-0.25, -0.2) is 9.78 Å². The van der Waals surface area contributed by atoms with Crippen molar-refractivity contribution in [3.05, 3.63) is 23.0 Å². The van der Waals surface area contributed by atoms with Crippen molar-refractivity contribution in [3.63, 3.8) is 0 Å². The average molecular weight is 271 g/mol. The Kier molecular flexibility index (Phi) is 6.50. The molecule has 1 N–H and O–H groups in total. The Morgan fingerprint density at radius 1 is 1.44 bits per heavy atom. The molecule has 0 saturated carbocycles. The van der Waals surface area contributed by atoms with E-state index >= 15 is 0 Å². The maximum Gasteiger partial charge on any atom is 0.341 e. The molecule has 0 aromatic carbocycles. The van der Waals surface area contributed by atoms with E-state index in [0.29, 0.717) is 23.0 Å². The van der Waals surface area contributed by atoms with Crippen LogP contribution >= 0.6 is 11.6 Å². The van der Waals surface area contributed by atoms with Crippen LogP contribution < -0.4 is 5.32 Å². The number of unbranched alkanes of at least 4 members (excludes halogenated alkanes) is 2. The second-order valence-corrected chi connectivity index (χ2v) is 4.29. The second-order valence-electron chi connectivity index (χ2n) is 3.91. The predicted molar refractivity (Wildman–Crippen MR) is 73.2 cm³/mol. The maximum absolute atomic E-state index is 11.7. The molecule has 1 aromatic rings. The van der Waals surface area contributed by atoms with Gasteiger partial charge in [-0.2, -0.15) is 0 Å². The molecule has 0 unspecified atom stereocenters. The number of nitrogens with zero attached hydrogens (tertiary/aromatic N) is 1. The summed E-state index contributed by atoms with van der Waals surface area (Å²) in [6.45, 7) is 5.07. The highest BCUT2D eigenvalue weighted by Gasteiger charge is 2.13. The molecule has 18 heavy (non-hydrogen) atoms. The minimum absolute atomic E-state index is 0.344. The fourth-order valence-electron chi connectivity index (χ4n) is 1.55. The van der Waals surface area contributed by atoms with Crippen LogP contribution in [-0.2, 0) is 4.74 Å². The van der Waals surface area contributed by atoms with Gasteiger partial charge in [0.1, 0.15) is 10.7 Å². The zero-order valence-corrected chi connectivity index (χ0v) is 11.6. The van der Waals surface area contributed by atoms with E-state index in [9.17, 15) is 4.79 Å². The van der Waals surface area contributed by atoms with Crippen LogP contribution in [0.2, 0.25) is 5.15 Å². The van der Waals surface area contributed by atoms with Gasteiger partial charge in [-0.1, -0.05) is 31.4 Å². The van der Waals surface area contributed by atoms with E-state index in [4.69, 9.17) is 16.3 Å². The molecular formula is C13H19ClN2O2. The summed E-state index contributed by atoms with van der Waals surface area (Å²) in [7, 11) is 0. The van der Waals surface area contributed by atoms with Crippen molar-refractivity contribution < 1.29 is 9.53 Å². The molecule has 0 saturated heterocycles. The highest BCUT2D eigenvalue weighted by Crippen LogP contribution is 2.19. The van der Waals surface area contributed by atoms with E-state index in [1.54, 1.807) is 13.0 Å². The van der Waals surface area contributed by atoms with Crippen LogP contribution in [0.1, 0.15) is 43.5 Å². The lowest BCUT2D eigenvalue weighted by atomic mass is 10.2. The van der Waals surface area contributed by atoms with Crippen molar-refractivity contribution in [3.8, 4) is 0 Å². The Labute approximate surface area is 113 Å². The molecular weight excluding hydrogens is 252 g/mol. The maximum atomic E-state index is 11.7. The Hall–Kier alpha value is -1.29. The van der Waals surface area contributed by atoms with Gasteiger partial charge in [0, 0.05) is 12.7 Å². The van der Waals surface area contributed by atoms with Crippen LogP contribution in [0, 0.1) is 0 Å². The molecule has 0 aliphatic carbocycles. The van der Waals surface area contributed by atoms with Crippen molar-refractivity contribution in [1.82, 2.24) is 4.98 Å². The summed E-state index contributed by atoms with van der Waals surface area (Å²) >= 11 is 5.84. The fourth-order valence-corrected chi connectivity index (χ4v) is 1.70. The third kappa shape index (κ3) is 4.53. The van der Waals surface area contributed by atoms with E-state index in [1.807, 2.05) is 0 Å². The summed E-state index contributed by atoms with van der Waals surface area (Å²) in [5, 5.41) is 3.57. The van der Waals surface area contributed by atoms with Crippen molar-refractivity contribution in [2.45, 2.75) is 33.1 Å². The van der Waals surface area contributed by atoms with Crippen LogP contribution in [-0.4, -0.2) is 24.1 Å². The van der Waals surface area contributed by atoms with E-state index < -0.39 is 0 Å². The number of nitrogens with one attached hydrogen (secondary N) is 1. The minimum Gasteiger partial charge on any atom is -0.462 e. The lowest BCUT2D eigenvalue weighted by Crippen LogP contribution is -2.11. The van der Waals surface area contributed by atoms with Gasteiger partial charge in [0.05, 0.1) is 12.3 Å². The molecule has 0 fully saturated rings. The first kappa shape index (κ1) is 14.8. The van der Waals surface area contributed by atoms with Crippen LogP contribution in [0.15, 0.2) is 12.3 Å². The molecule has 1 rings (SSSR count). The van der Waals surface area contributed by atoms with Crippen molar-refractivity contribution in [2.75, 3.05) is 18.5 Å². The van der Waals surface area contributed by atoms with Gasteiger partial charge in [0.2, 0.25) is 0 Å². The Morgan fingerprint density at radius 3 is 2.89 bits per heavy atom. The highest BCUT2D eigenvalue weighted by molar-refractivity contribution is 6.29. The highest BCUT2D eigenvalue weighted by atomic mass is 35.5. The number of ether oxygens (including phenoxy) is 1. The number of aromatic nitrogens is 1. The standard InChI is InChI=1S/C13H19ClN2O2/c1-3-5-6-7-15-11-8-12(14)16-9-10(11)13(17)18-4-2/h8-9H,3-7H2,1-2H3,(H,15,16). The number of rotatable bonds is 7. The van der Waals surface area contributed by atoms with Gasteiger partial charge >= 0.3 is 5.97 Å². The number of esters is 1. The van der Waals surface area contributed by atoms with Crippen molar-refractivity contribution in [1.29, 1.82) is 0 Å². The zero-order valence-electron chi connectivity index (χ0n) is 10.8. The van der Waals surface area contributed by atoms with E-state index in [-0.39, 0.29) is 5.97 Å². The summed E-state index contributed by atoms with van der Waals surface area (Å²) in [5.74, 6) is -0.375. The Balaban J connectivity index is 2.73. The molecule has 0 bridgehead atoms. The molecule has 0 amide bonds. The van der Waals surface area contributed by atoms with Crippen LogP contribution in [0.3, 0.4) is 0 Å². The molecule has 0 aliphatic heterocycles. The van der Waals surface area contributed by atoms with Crippen LogP contribution in [0.5, 0.6) is 0 Å². The predicted octanol–water partition coefficient (Wildman–Crippen LogP) is 3.51. The van der Waals surface area contributed by atoms with E-state index in [1.165, 1.54) is 6.20 Å². The quantitative estimate of drug-likeness (QED) is 0.468. The zero-order chi connectivity index (χ0) is 13.4. The van der Waals surface area contributed by atoms with Crippen molar-refractivity contribution >= 4 is 23.3 Å². The second kappa shape index (κ2) is 7.93. The van der Waals surface area contributed by atoms with Gasteiger partial charge in [-0.05, 0) is 19.4 Å². The van der Waals surface area contributed by atoms with Gasteiger partial charge in [-0.3, -0.25) is 0 Å². The first-order valence-electron chi connectivity index (χ1n) is 6.25. The first-order valence-corrected chi connectivity index (χ1v) is 6.63. The summed E-state index contributed by atoms with van der Waals surface area (Å²) in [4.78, 5) is 15.6. The monoisotopic (exact) mass is 270 g/mol. The summed E-state index contributed by atoms with van der Waals surface area (Å²) in [5.41, 5.74) is 1.11. The normalized spacial score (nSPS) is 10.2. The van der Waals surface area contributed by atoms with E-state index in [0.717, 1.165) is 25.8 Å². The van der Waals surface area contributed by atoms with Gasteiger partial charge in [-0.15, -0.1) is 0 Å². The number of pyridine rings is 1. The lowest BCUT2D eigenvalue weighted by Gasteiger charge is -2.11. The number of hydrogen-bond donors (Lipinski definition) is 1. The Morgan fingerprint density at radius 2 is 2.22 bits per heavy atom. The van der Waals surface area contributed by atoms with Gasteiger partial charge in [0.25, 0.3) is 0 Å². The number of carbonyl (C=O) groups excluding carboxylic acids is 1. The smallest absolute Gasteiger partial charge is 0.341 e. The first-order chi connectivity index (χ1) is 8.69. The van der Waals surface area contributed by atoms with Gasteiger partial charge < -0.3 is 10.1 Å². The molecule has 1 aromatic heterocycles. The topological polar surface area (TPSA) is 51.2 Å². The average Bonchev–Trinajstić information content (AvgIpc) is 2.35. The summed E-state index contributed by atoms with van der Waals surface area (Å²) in [6.07, 6.45) is 4.81. The third-order valence-electron chi connectivity index (χ3n) is 2.46. The van der Waals surface area contributed by atoms with Crippen LogP contribution in [0.4, 0.5) is 5.69 Å². The van der Waals surface area contributed by atoms with E-state index in [2.05, 4.69) is 17.2 Å². The number of hydrogen-bond acceptors (Lipinski definition) is 4. The molecule has 4 nitrogen and oxygen atoms in total. The van der Waals surface area contributed by atoms with Crippen molar-refractivity contribution in [2.24, 2.45) is 0 Å². The fraction of sp³-hybridized carbons (Fsp3) is 0.538. The molecule has 1 heterocycles. The molecule has 0 spiro atoms. The van der Waals surface area contributed by atoms with Crippen LogP contribution in [0.25, 0.3) is 0 Å². The third-order valence-corrected chi connectivity index (χ3v) is 2.67. The molecule has 0 atom stereocenters. The minimum atomic E-state index is -0.375. The number of carbonyl (C=O) groups is 1. The molecule has 0 radical (unpaired) electrons. The van der Waals surface area contributed by atoms with Gasteiger partial charge in [0.15, 0.2) is 0 Å². The molecule has 0 aliphatic rings. The lowest BCUT2D eigenvalue weighted by molar-refractivity contribution is 0.0527. The SMILES string of the molecule is CCCCCNc1cc(Cl)ncc1C(=O)OCC. The number of anilines is 1. The summed E-state index contributed by atoms with van der Waals surface area (Å²) in [6, 6.07) is 1.65. The Bertz CT molecular complexity index is 397. The number of halogens is 1. The largest absolute Gasteiger partial charge is 0.462 e. The summed E-state index contributed by atoms with van der Waals surface area (Å²) < 4.78 is 4.97. The molecule has 100 valence electrons. The molecule has 5 heteroatoms.